The molecule has 0 aromatic carbocycles. The number of amides is 2. The van der Waals surface area contributed by atoms with Crippen LogP contribution >= 0.6 is 22.9 Å². The number of aliphatic carboxylic acids is 1. The van der Waals surface area contributed by atoms with Crippen LogP contribution in [0.2, 0.25) is 4.34 Å². The van der Waals surface area contributed by atoms with E-state index < -0.39 is 11.6 Å². The number of halogens is 1. The number of hydrogen-bond donors (Lipinski definition) is 1. The average Bonchev–Trinajstić information content (AvgIpc) is 2.77. The fourth-order valence-electron chi connectivity index (χ4n) is 2.20. The van der Waals surface area contributed by atoms with Crippen LogP contribution in [0.3, 0.4) is 0 Å². The lowest BCUT2D eigenvalue weighted by atomic mass is 9.97. The normalized spacial score (nSPS) is 16.4. The Bertz CT molecular complexity index is 542. The summed E-state index contributed by atoms with van der Waals surface area (Å²) in [7, 11) is 1.73. The molecule has 1 aliphatic heterocycles. The number of carboxylic acid groups (broad SMARTS) is 1. The number of nitrogens with zero attached hydrogens (tertiary/aromatic N) is 2. The number of carbonyl (C=O) groups excluding carboxylic acids is 1. The number of likely N-dealkylation sites (tertiary alicyclic amines) is 1. The molecule has 1 aromatic heterocycles. The maximum atomic E-state index is 12.2. The highest BCUT2D eigenvalue weighted by Gasteiger charge is 2.43. The van der Waals surface area contributed by atoms with E-state index in [4.69, 9.17) is 21.4 Å². The standard InChI is InChI=1S/C13H17ClN2O4S/c1-13(20-6-11(17)18)7-16(8-13)12(19)15(2)5-9-3-4-10(14)21-9/h3-4H,5-8H2,1-2H3,(H,17,18). The predicted octanol–water partition coefficient (Wildman–Crippen LogP) is 2.13. The summed E-state index contributed by atoms with van der Waals surface area (Å²) in [6.07, 6.45) is 0. The van der Waals surface area contributed by atoms with Crippen molar-refractivity contribution < 1.29 is 19.4 Å². The van der Waals surface area contributed by atoms with Crippen LogP contribution < -0.4 is 0 Å². The summed E-state index contributed by atoms with van der Waals surface area (Å²) in [5, 5.41) is 8.60. The zero-order chi connectivity index (χ0) is 15.6. The second-order valence-electron chi connectivity index (χ2n) is 5.33. The fraction of sp³-hybridized carbons (Fsp3) is 0.538. The van der Waals surface area contributed by atoms with E-state index in [9.17, 15) is 9.59 Å². The molecule has 116 valence electrons. The van der Waals surface area contributed by atoms with E-state index in [1.807, 2.05) is 6.07 Å². The highest BCUT2D eigenvalue weighted by molar-refractivity contribution is 7.16. The zero-order valence-electron chi connectivity index (χ0n) is 11.8. The third kappa shape index (κ3) is 4.09. The summed E-state index contributed by atoms with van der Waals surface area (Å²) in [5.41, 5.74) is -0.568. The zero-order valence-corrected chi connectivity index (χ0v) is 13.4. The minimum Gasteiger partial charge on any atom is -0.480 e. The summed E-state index contributed by atoms with van der Waals surface area (Å²) in [4.78, 5) is 27.0. The summed E-state index contributed by atoms with van der Waals surface area (Å²) in [6.45, 7) is 2.75. The molecule has 1 N–H and O–H groups in total. The van der Waals surface area contributed by atoms with Crippen molar-refractivity contribution in [2.75, 3.05) is 26.7 Å². The van der Waals surface area contributed by atoms with E-state index in [1.54, 1.807) is 29.8 Å². The second-order valence-corrected chi connectivity index (χ2v) is 7.13. The average molecular weight is 333 g/mol. The van der Waals surface area contributed by atoms with Crippen LogP contribution in [0.1, 0.15) is 11.8 Å². The van der Waals surface area contributed by atoms with Crippen molar-refractivity contribution in [1.29, 1.82) is 0 Å². The quantitative estimate of drug-likeness (QED) is 0.896. The van der Waals surface area contributed by atoms with Crippen LogP contribution in [0.4, 0.5) is 4.79 Å². The van der Waals surface area contributed by atoms with Gasteiger partial charge in [-0.2, -0.15) is 0 Å². The van der Waals surface area contributed by atoms with Crippen molar-refractivity contribution in [2.24, 2.45) is 0 Å². The molecule has 0 unspecified atom stereocenters. The van der Waals surface area contributed by atoms with Gasteiger partial charge in [0.1, 0.15) is 12.2 Å². The highest BCUT2D eigenvalue weighted by atomic mass is 35.5. The maximum Gasteiger partial charge on any atom is 0.329 e. The van der Waals surface area contributed by atoms with Crippen molar-refractivity contribution in [3.63, 3.8) is 0 Å². The van der Waals surface area contributed by atoms with E-state index in [-0.39, 0.29) is 12.6 Å². The Labute approximate surface area is 131 Å². The smallest absolute Gasteiger partial charge is 0.329 e. The van der Waals surface area contributed by atoms with Crippen molar-refractivity contribution in [3.05, 3.63) is 21.3 Å². The first-order chi connectivity index (χ1) is 9.79. The van der Waals surface area contributed by atoms with Gasteiger partial charge in [-0.3, -0.25) is 0 Å². The molecule has 1 aromatic rings. The summed E-state index contributed by atoms with van der Waals surface area (Å²) in [5.74, 6) is -1.01. The van der Waals surface area contributed by atoms with Gasteiger partial charge in [0, 0.05) is 11.9 Å². The molecule has 0 bridgehead atoms. The lowest BCUT2D eigenvalue weighted by Gasteiger charge is -2.48. The van der Waals surface area contributed by atoms with Gasteiger partial charge in [-0.15, -0.1) is 11.3 Å². The molecule has 2 heterocycles. The summed E-state index contributed by atoms with van der Waals surface area (Å²) >= 11 is 7.31. The molecular weight excluding hydrogens is 316 g/mol. The third-order valence-electron chi connectivity index (χ3n) is 3.21. The number of urea groups is 1. The van der Waals surface area contributed by atoms with Gasteiger partial charge < -0.3 is 19.6 Å². The molecule has 0 aliphatic carbocycles. The first-order valence-electron chi connectivity index (χ1n) is 6.39. The SMILES string of the molecule is CN(Cc1ccc(Cl)s1)C(=O)N1CC(C)(OCC(=O)O)C1. The van der Waals surface area contributed by atoms with Gasteiger partial charge in [0.25, 0.3) is 0 Å². The van der Waals surface area contributed by atoms with Gasteiger partial charge in [-0.25, -0.2) is 9.59 Å². The molecule has 0 radical (unpaired) electrons. The molecule has 6 nitrogen and oxygen atoms in total. The fourth-order valence-corrected chi connectivity index (χ4v) is 3.34. The molecule has 1 aliphatic rings. The van der Waals surface area contributed by atoms with Crippen molar-refractivity contribution in [3.8, 4) is 0 Å². The molecule has 0 saturated carbocycles. The number of thiophene rings is 1. The highest BCUT2D eigenvalue weighted by Crippen LogP contribution is 2.27. The van der Waals surface area contributed by atoms with Crippen molar-refractivity contribution in [1.82, 2.24) is 9.80 Å². The van der Waals surface area contributed by atoms with Crippen LogP contribution in [0.5, 0.6) is 0 Å². The Morgan fingerprint density at radius 1 is 1.52 bits per heavy atom. The van der Waals surface area contributed by atoms with E-state index in [0.717, 1.165) is 4.88 Å². The van der Waals surface area contributed by atoms with Crippen LogP contribution in [0.25, 0.3) is 0 Å². The molecule has 21 heavy (non-hydrogen) atoms. The molecule has 8 heteroatoms. The van der Waals surface area contributed by atoms with Gasteiger partial charge in [-0.1, -0.05) is 11.6 Å². The number of carbonyl (C=O) groups is 2. The molecule has 2 amide bonds. The first-order valence-corrected chi connectivity index (χ1v) is 7.58. The van der Waals surface area contributed by atoms with E-state index in [1.165, 1.54) is 11.3 Å². The minimum atomic E-state index is -1.01. The van der Waals surface area contributed by atoms with Crippen LogP contribution in [0.15, 0.2) is 12.1 Å². The topological polar surface area (TPSA) is 70.1 Å². The number of carboxylic acids is 1. The molecule has 1 saturated heterocycles. The molecular formula is C13H17ClN2O4S. The lowest BCUT2D eigenvalue weighted by Crippen LogP contribution is -2.65. The Hall–Kier alpha value is -1.31. The van der Waals surface area contributed by atoms with Gasteiger partial charge in [-0.05, 0) is 19.1 Å². The number of hydrogen-bond acceptors (Lipinski definition) is 4. The molecule has 0 atom stereocenters. The predicted molar refractivity (Wildman–Crippen MR) is 79.8 cm³/mol. The Morgan fingerprint density at radius 3 is 2.71 bits per heavy atom. The van der Waals surface area contributed by atoms with E-state index in [2.05, 4.69) is 0 Å². The number of rotatable bonds is 5. The van der Waals surface area contributed by atoms with E-state index in [0.29, 0.717) is 24.0 Å². The molecule has 0 spiro atoms. The van der Waals surface area contributed by atoms with Crippen LogP contribution in [0, 0.1) is 0 Å². The second kappa shape index (κ2) is 6.21. The van der Waals surface area contributed by atoms with Gasteiger partial charge >= 0.3 is 12.0 Å². The molecule has 1 fully saturated rings. The Morgan fingerprint density at radius 2 is 2.19 bits per heavy atom. The van der Waals surface area contributed by atoms with Crippen molar-refractivity contribution in [2.45, 2.75) is 19.1 Å². The van der Waals surface area contributed by atoms with Gasteiger partial charge in [0.2, 0.25) is 0 Å². The number of ether oxygens (including phenoxy) is 1. The third-order valence-corrected chi connectivity index (χ3v) is 4.43. The van der Waals surface area contributed by atoms with Crippen molar-refractivity contribution >= 4 is 34.9 Å². The molecule has 2 rings (SSSR count). The van der Waals surface area contributed by atoms with Crippen LogP contribution in [-0.2, 0) is 16.1 Å². The summed E-state index contributed by atoms with van der Waals surface area (Å²) < 4.78 is 5.98. The maximum absolute atomic E-state index is 12.2. The van der Waals surface area contributed by atoms with Crippen LogP contribution in [-0.4, -0.2) is 59.3 Å². The minimum absolute atomic E-state index is 0.101. The lowest BCUT2D eigenvalue weighted by molar-refractivity contribution is -0.160. The summed E-state index contributed by atoms with van der Waals surface area (Å²) in [6, 6.07) is 3.60. The van der Waals surface area contributed by atoms with Gasteiger partial charge in [0.15, 0.2) is 0 Å². The first kappa shape index (κ1) is 16.1. The van der Waals surface area contributed by atoms with Gasteiger partial charge in [0.05, 0.1) is 24.0 Å². The Kier molecular flexibility index (Phi) is 4.75. The monoisotopic (exact) mass is 332 g/mol. The largest absolute Gasteiger partial charge is 0.480 e. The Balaban J connectivity index is 1.81. The van der Waals surface area contributed by atoms with E-state index >= 15 is 0 Å².